The first-order chi connectivity index (χ1) is 9.35. The summed E-state index contributed by atoms with van der Waals surface area (Å²) in [7, 11) is 0. The smallest absolute Gasteiger partial charge is 0.103 e. The van der Waals surface area contributed by atoms with E-state index in [9.17, 15) is 0 Å². The Morgan fingerprint density at radius 1 is 1.30 bits per heavy atom. The van der Waals surface area contributed by atoms with E-state index in [1.165, 1.54) is 18.4 Å². The van der Waals surface area contributed by atoms with E-state index in [0.717, 1.165) is 17.9 Å². The summed E-state index contributed by atoms with van der Waals surface area (Å²) >= 11 is 4.96. The van der Waals surface area contributed by atoms with Crippen molar-refractivity contribution < 1.29 is 4.74 Å². The van der Waals surface area contributed by atoms with E-state index in [1.54, 1.807) is 0 Å². The zero-order valence-electron chi connectivity index (χ0n) is 12.7. The van der Waals surface area contributed by atoms with Crippen LogP contribution in [-0.4, -0.2) is 11.1 Å². The Labute approximate surface area is 127 Å². The minimum atomic E-state index is 0.379. The van der Waals surface area contributed by atoms with E-state index in [2.05, 4.69) is 20.8 Å². The van der Waals surface area contributed by atoms with E-state index in [0.29, 0.717) is 23.1 Å². The molecule has 2 rings (SSSR count). The fraction of sp³-hybridized carbons (Fsp3) is 0.588. The Morgan fingerprint density at radius 3 is 2.50 bits per heavy atom. The molecular weight excluding hydrogens is 266 g/mol. The molecule has 1 aliphatic rings. The van der Waals surface area contributed by atoms with Crippen LogP contribution >= 0.6 is 12.2 Å². The highest BCUT2D eigenvalue weighted by molar-refractivity contribution is 7.80. The van der Waals surface area contributed by atoms with E-state index in [4.69, 9.17) is 22.7 Å². The number of hydrogen-bond donors (Lipinski definition) is 1. The van der Waals surface area contributed by atoms with Crippen molar-refractivity contribution in [3.8, 4) is 0 Å². The Kier molecular flexibility index (Phi) is 4.82. The van der Waals surface area contributed by atoms with Gasteiger partial charge in [0.15, 0.2) is 0 Å². The van der Waals surface area contributed by atoms with Crippen molar-refractivity contribution >= 4 is 17.2 Å². The highest BCUT2D eigenvalue weighted by Crippen LogP contribution is 2.39. The second-order valence-electron chi connectivity index (χ2n) is 6.91. The number of benzene rings is 1. The van der Waals surface area contributed by atoms with E-state index in [1.807, 2.05) is 24.3 Å². The molecule has 0 amide bonds. The summed E-state index contributed by atoms with van der Waals surface area (Å²) in [5, 5.41) is 0. The van der Waals surface area contributed by atoms with Crippen LogP contribution in [0.15, 0.2) is 24.3 Å². The minimum Gasteiger partial charge on any atom is -0.389 e. The lowest BCUT2D eigenvalue weighted by molar-refractivity contribution is -0.0316. The Morgan fingerprint density at radius 2 is 1.95 bits per heavy atom. The van der Waals surface area contributed by atoms with Crippen molar-refractivity contribution in [3.05, 3.63) is 35.4 Å². The van der Waals surface area contributed by atoms with Gasteiger partial charge in [-0.15, -0.1) is 0 Å². The van der Waals surface area contributed by atoms with E-state index in [-0.39, 0.29) is 0 Å². The van der Waals surface area contributed by atoms with Crippen molar-refractivity contribution in [2.45, 2.75) is 52.7 Å². The second kappa shape index (κ2) is 6.23. The van der Waals surface area contributed by atoms with Gasteiger partial charge in [-0.25, -0.2) is 0 Å². The first-order valence-electron chi connectivity index (χ1n) is 7.36. The number of hydrogen-bond acceptors (Lipinski definition) is 2. The minimum absolute atomic E-state index is 0.379. The standard InChI is InChI=1S/C17H25NOS/c1-12-8-15(10-17(2,3)9-12)19-11-13-4-6-14(7-5-13)16(18)20/h4-7,12,15H,8-11H2,1-3H3,(H2,18,20). The summed E-state index contributed by atoms with van der Waals surface area (Å²) in [6.07, 6.45) is 4.01. The highest BCUT2D eigenvalue weighted by Gasteiger charge is 2.32. The summed E-state index contributed by atoms with van der Waals surface area (Å²) in [5.74, 6) is 0.751. The van der Waals surface area contributed by atoms with Gasteiger partial charge in [-0.05, 0) is 36.2 Å². The van der Waals surface area contributed by atoms with Crippen molar-refractivity contribution in [1.29, 1.82) is 0 Å². The van der Waals surface area contributed by atoms with Gasteiger partial charge in [0.05, 0.1) is 12.7 Å². The predicted molar refractivity (Wildman–Crippen MR) is 87.7 cm³/mol. The predicted octanol–water partition coefficient (Wildman–Crippen LogP) is 4.05. The first-order valence-corrected chi connectivity index (χ1v) is 7.77. The number of thiocarbonyl (C=S) groups is 1. The molecule has 0 radical (unpaired) electrons. The lowest BCUT2D eigenvalue weighted by atomic mass is 9.71. The third kappa shape index (κ3) is 4.29. The van der Waals surface area contributed by atoms with Crippen LogP contribution in [0, 0.1) is 11.3 Å². The fourth-order valence-electron chi connectivity index (χ4n) is 3.36. The van der Waals surface area contributed by atoms with Gasteiger partial charge in [-0.1, -0.05) is 57.3 Å². The summed E-state index contributed by atoms with van der Waals surface area (Å²) in [4.78, 5) is 0.445. The molecule has 3 heteroatoms. The van der Waals surface area contributed by atoms with Gasteiger partial charge in [0, 0.05) is 5.56 Å². The van der Waals surface area contributed by atoms with Gasteiger partial charge in [-0.3, -0.25) is 0 Å². The maximum absolute atomic E-state index is 6.11. The molecule has 2 unspecified atom stereocenters. The topological polar surface area (TPSA) is 35.2 Å². The van der Waals surface area contributed by atoms with Gasteiger partial charge in [0.1, 0.15) is 4.99 Å². The van der Waals surface area contributed by atoms with Crippen LogP contribution in [0.1, 0.15) is 51.2 Å². The molecule has 110 valence electrons. The zero-order valence-corrected chi connectivity index (χ0v) is 13.5. The molecular formula is C17H25NOS. The average Bonchev–Trinajstić information content (AvgIpc) is 2.34. The number of ether oxygens (including phenoxy) is 1. The molecule has 0 bridgehead atoms. The van der Waals surface area contributed by atoms with E-state index < -0.39 is 0 Å². The second-order valence-corrected chi connectivity index (χ2v) is 7.35. The van der Waals surface area contributed by atoms with E-state index >= 15 is 0 Å². The summed E-state index contributed by atoms with van der Waals surface area (Å²) < 4.78 is 6.11. The molecule has 0 saturated heterocycles. The molecule has 1 saturated carbocycles. The maximum Gasteiger partial charge on any atom is 0.103 e. The quantitative estimate of drug-likeness (QED) is 0.850. The van der Waals surface area contributed by atoms with Gasteiger partial charge < -0.3 is 10.5 Å². The lowest BCUT2D eigenvalue weighted by Gasteiger charge is -2.38. The Balaban J connectivity index is 1.90. The van der Waals surface area contributed by atoms with Gasteiger partial charge >= 0.3 is 0 Å². The van der Waals surface area contributed by atoms with Crippen LogP contribution in [0.4, 0.5) is 0 Å². The number of rotatable bonds is 4. The molecule has 1 fully saturated rings. The van der Waals surface area contributed by atoms with Crippen molar-refractivity contribution in [3.63, 3.8) is 0 Å². The van der Waals surface area contributed by atoms with Gasteiger partial charge in [0.25, 0.3) is 0 Å². The molecule has 2 atom stereocenters. The van der Waals surface area contributed by atoms with Gasteiger partial charge in [0.2, 0.25) is 0 Å². The highest BCUT2D eigenvalue weighted by atomic mass is 32.1. The maximum atomic E-state index is 6.11. The fourth-order valence-corrected chi connectivity index (χ4v) is 3.50. The largest absolute Gasteiger partial charge is 0.389 e. The summed E-state index contributed by atoms with van der Waals surface area (Å²) in [6, 6.07) is 8.03. The van der Waals surface area contributed by atoms with Crippen LogP contribution in [0.3, 0.4) is 0 Å². The zero-order chi connectivity index (χ0) is 14.8. The van der Waals surface area contributed by atoms with Crippen LogP contribution in [0.2, 0.25) is 0 Å². The normalized spacial score (nSPS) is 25.4. The van der Waals surface area contributed by atoms with Crippen LogP contribution in [0.25, 0.3) is 0 Å². The first kappa shape index (κ1) is 15.5. The molecule has 1 aromatic carbocycles. The molecule has 0 aromatic heterocycles. The molecule has 2 N–H and O–H groups in total. The molecule has 1 aliphatic carbocycles. The van der Waals surface area contributed by atoms with Crippen LogP contribution in [0.5, 0.6) is 0 Å². The van der Waals surface area contributed by atoms with Crippen LogP contribution < -0.4 is 5.73 Å². The molecule has 0 spiro atoms. The Hall–Kier alpha value is -0.930. The molecule has 0 aliphatic heterocycles. The van der Waals surface area contributed by atoms with Crippen molar-refractivity contribution in [1.82, 2.24) is 0 Å². The SMILES string of the molecule is CC1CC(OCc2ccc(C(N)=S)cc2)CC(C)(C)C1. The van der Waals surface area contributed by atoms with Crippen LogP contribution in [-0.2, 0) is 11.3 Å². The third-order valence-electron chi connectivity index (χ3n) is 4.07. The third-order valence-corrected chi connectivity index (χ3v) is 4.31. The van der Waals surface area contributed by atoms with Gasteiger partial charge in [-0.2, -0.15) is 0 Å². The molecule has 0 heterocycles. The van der Waals surface area contributed by atoms with Crippen molar-refractivity contribution in [2.24, 2.45) is 17.1 Å². The summed E-state index contributed by atoms with van der Waals surface area (Å²) in [5.41, 5.74) is 8.10. The Bertz CT molecular complexity index is 466. The summed E-state index contributed by atoms with van der Waals surface area (Å²) in [6.45, 7) is 7.69. The monoisotopic (exact) mass is 291 g/mol. The molecule has 1 aromatic rings. The molecule has 20 heavy (non-hydrogen) atoms. The lowest BCUT2D eigenvalue weighted by Crippen LogP contribution is -2.32. The number of nitrogens with two attached hydrogens (primary N) is 1. The molecule has 2 nitrogen and oxygen atoms in total. The van der Waals surface area contributed by atoms with Crippen molar-refractivity contribution in [2.75, 3.05) is 0 Å². The average molecular weight is 291 g/mol.